The molecule has 0 radical (unpaired) electrons. The number of allylic oxidation sites excluding steroid dienone is 5. The highest BCUT2D eigenvalue weighted by Gasteiger charge is 2.55. The van der Waals surface area contributed by atoms with E-state index in [1.807, 2.05) is 25.3 Å². The molecule has 0 unspecified atom stereocenters. The number of pyridine rings is 1. The topological polar surface area (TPSA) is 50.4 Å². The van der Waals surface area contributed by atoms with Gasteiger partial charge < -0.3 is 0 Å². The molecule has 1 aromatic heterocycles. The molecule has 1 aromatic rings. The maximum Gasteiger partial charge on any atom is 0.207 e. The Hall–Kier alpha value is -2.62. The summed E-state index contributed by atoms with van der Waals surface area (Å²) in [4.78, 5) is 31.3. The minimum Gasteiger partial charge on any atom is -0.297 e. The lowest BCUT2D eigenvalue weighted by molar-refractivity contribution is -0.685. The van der Waals surface area contributed by atoms with Crippen LogP contribution in [-0.4, -0.2) is 24.3 Å². The van der Waals surface area contributed by atoms with E-state index >= 15 is 0 Å². The molecule has 0 aromatic carbocycles. The number of rotatable bonds is 10. The molecule has 216 valence electrons. The molecule has 9 rings (SSSR count). The molecule has 0 amide bonds. The Balaban J connectivity index is 0.943. The van der Waals surface area contributed by atoms with Gasteiger partial charge in [0.1, 0.15) is 0 Å². The van der Waals surface area contributed by atoms with Crippen LogP contribution in [0.15, 0.2) is 59.4 Å². The summed E-state index contributed by atoms with van der Waals surface area (Å²) in [5.41, 5.74) is 2.06. The lowest BCUT2D eigenvalue weighted by Crippen LogP contribution is -2.53. The third-order valence-corrected chi connectivity index (χ3v) is 11.9. The minimum absolute atomic E-state index is 0.0338. The average molecular weight is 552 g/mol. The van der Waals surface area contributed by atoms with E-state index in [4.69, 9.17) is 0 Å². The number of Topliss-reactive ketones (excluding diaryl/α,β-unsaturated/α-hetero) is 2. The highest BCUT2D eigenvalue weighted by molar-refractivity contribution is 5.89. The lowest BCUT2D eigenvalue weighted by Gasteiger charge is -2.55. The number of carbonyl (C=O) groups is 2. The fourth-order valence-corrected chi connectivity index (χ4v) is 10.9. The van der Waals surface area contributed by atoms with Crippen molar-refractivity contribution in [1.82, 2.24) is 0 Å². The monoisotopic (exact) mass is 551 g/mol. The number of carbonyl (C=O) groups excluding carboxylic acids is 2. The Morgan fingerprint density at radius 1 is 0.780 bits per heavy atom. The Kier molecular flexibility index (Phi) is 7.24. The molecular formula is C37H47N2O2+. The standard InChI is InChI=1S/C37H47N2O2/c1-2-3-26(6-9-38-24-34(40)36-18-28-12-29(19-36)14-30(13-28)20-36)4-5-27-7-10-39(11-8-27)25-35(41)37-21-31-15-32(22-37)17-33(16-31)23-37/h2-11,28-33H,12-25H2,1H3/q+1/b3-2-,5-4+,26-6+,38-9?. The van der Waals surface area contributed by atoms with Gasteiger partial charge in [0.25, 0.3) is 0 Å². The SMILES string of the molecule is C\C=C/C(/C=C/c1cc[n+](CC(=O)C23CC4CC(CC(C4)C2)C3)cc1)=C\C=NCC(=O)C12CC3CC(CC(C3)C1)C2. The molecule has 4 heteroatoms. The fraction of sp³-hybridized carbons (Fsp3) is 0.622. The Morgan fingerprint density at radius 2 is 1.27 bits per heavy atom. The van der Waals surface area contributed by atoms with E-state index in [1.165, 1.54) is 38.5 Å². The van der Waals surface area contributed by atoms with Crippen molar-refractivity contribution < 1.29 is 14.2 Å². The van der Waals surface area contributed by atoms with Crippen molar-refractivity contribution in [1.29, 1.82) is 0 Å². The van der Waals surface area contributed by atoms with Crippen LogP contribution in [0.4, 0.5) is 0 Å². The van der Waals surface area contributed by atoms with Gasteiger partial charge in [-0.25, -0.2) is 0 Å². The second-order valence-electron chi connectivity index (χ2n) is 15.0. The number of aliphatic imine (C=N–C) groups is 1. The molecular weight excluding hydrogens is 504 g/mol. The molecule has 8 fully saturated rings. The summed E-state index contributed by atoms with van der Waals surface area (Å²) in [5.74, 6) is 5.60. The van der Waals surface area contributed by atoms with Crippen LogP contribution in [0.25, 0.3) is 6.08 Å². The highest BCUT2D eigenvalue weighted by atomic mass is 16.1. The average Bonchev–Trinajstić information content (AvgIpc) is 2.93. The van der Waals surface area contributed by atoms with Crippen LogP contribution < -0.4 is 4.57 Å². The van der Waals surface area contributed by atoms with Gasteiger partial charge in [-0.3, -0.25) is 14.6 Å². The number of nitrogens with zero attached hydrogens (tertiary/aromatic N) is 2. The van der Waals surface area contributed by atoms with Crippen molar-refractivity contribution in [2.45, 2.75) is 90.5 Å². The molecule has 0 atom stereocenters. The number of aromatic nitrogens is 1. The van der Waals surface area contributed by atoms with Crippen LogP contribution in [-0.2, 0) is 16.1 Å². The molecule has 4 nitrogen and oxygen atoms in total. The predicted octanol–water partition coefficient (Wildman–Crippen LogP) is 7.13. The van der Waals surface area contributed by atoms with Crippen LogP contribution in [0, 0.1) is 46.3 Å². The number of hydrogen-bond acceptors (Lipinski definition) is 3. The Bertz CT molecular complexity index is 1230. The second kappa shape index (κ2) is 10.9. The second-order valence-corrected chi connectivity index (χ2v) is 15.0. The predicted molar refractivity (Wildman–Crippen MR) is 163 cm³/mol. The summed E-state index contributed by atoms with van der Waals surface area (Å²) in [6.45, 7) is 2.83. The summed E-state index contributed by atoms with van der Waals surface area (Å²) in [7, 11) is 0. The smallest absolute Gasteiger partial charge is 0.207 e. The Morgan fingerprint density at radius 3 is 1.76 bits per heavy atom. The van der Waals surface area contributed by atoms with Crippen LogP contribution >= 0.6 is 0 Å². The van der Waals surface area contributed by atoms with Gasteiger partial charge in [0.15, 0.2) is 18.2 Å². The molecule has 0 aliphatic heterocycles. The first-order valence-electron chi connectivity index (χ1n) is 16.5. The molecule has 0 saturated heterocycles. The number of hydrogen-bond donors (Lipinski definition) is 0. The summed E-state index contributed by atoms with van der Waals surface area (Å²) in [5, 5.41) is 0. The van der Waals surface area contributed by atoms with Gasteiger partial charge in [-0.15, -0.1) is 0 Å². The molecule has 8 bridgehead atoms. The molecule has 0 spiro atoms. The van der Waals surface area contributed by atoms with E-state index in [2.05, 4.69) is 52.3 Å². The van der Waals surface area contributed by atoms with E-state index < -0.39 is 0 Å². The van der Waals surface area contributed by atoms with Crippen molar-refractivity contribution >= 4 is 23.9 Å². The highest BCUT2D eigenvalue weighted by Crippen LogP contribution is 2.61. The largest absolute Gasteiger partial charge is 0.297 e. The van der Waals surface area contributed by atoms with Crippen molar-refractivity contribution in [2.24, 2.45) is 51.3 Å². The van der Waals surface area contributed by atoms with E-state index in [1.54, 1.807) is 0 Å². The van der Waals surface area contributed by atoms with Crippen LogP contribution in [0.5, 0.6) is 0 Å². The molecule has 8 aliphatic rings. The molecule has 8 saturated carbocycles. The van der Waals surface area contributed by atoms with Gasteiger partial charge in [0, 0.05) is 29.2 Å². The maximum atomic E-state index is 13.5. The van der Waals surface area contributed by atoms with Gasteiger partial charge in [-0.05, 0) is 137 Å². The third-order valence-electron chi connectivity index (χ3n) is 11.9. The summed E-state index contributed by atoms with van der Waals surface area (Å²) in [6, 6.07) is 4.18. The molecule has 1 heterocycles. The van der Waals surface area contributed by atoms with Crippen molar-refractivity contribution in [2.75, 3.05) is 6.54 Å². The van der Waals surface area contributed by atoms with Crippen LogP contribution in [0.3, 0.4) is 0 Å². The Labute approximate surface area is 246 Å². The van der Waals surface area contributed by atoms with Crippen molar-refractivity contribution in [3.05, 3.63) is 60.0 Å². The van der Waals surface area contributed by atoms with Gasteiger partial charge >= 0.3 is 0 Å². The van der Waals surface area contributed by atoms with Gasteiger partial charge in [0.2, 0.25) is 12.3 Å². The van der Waals surface area contributed by atoms with Gasteiger partial charge in [-0.2, -0.15) is 4.57 Å². The zero-order valence-electron chi connectivity index (χ0n) is 24.8. The first-order valence-corrected chi connectivity index (χ1v) is 16.5. The molecule has 8 aliphatic carbocycles. The summed E-state index contributed by atoms with van der Waals surface area (Å²) >= 11 is 0. The van der Waals surface area contributed by atoms with Gasteiger partial charge in [-0.1, -0.05) is 24.3 Å². The van der Waals surface area contributed by atoms with Crippen molar-refractivity contribution in [3.63, 3.8) is 0 Å². The lowest BCUT2D eigenvalue weighted by atomic mass is 9.48. The van der Waals surface area contributed by atoms with Crippen LogP contribution in [0.2, 0.25) is 0 Å². The van der Waals surface area contributed by atoms with E-state index in [-0.39, 0.29) is 10.8 Å². The van der Waals surface area contributed by atoms with E-state index in [0.717, 1.165) is 85.2 Å². The maximum absolute atomic E-state index is 13.5. The third kappa shape index (κ3) is 5.48. The van der Waals surface area contributed by atoms with E-state index in [9.17, 15) is 9.59 Å². The molecule has 0 N–H and O–H groups in total. The van der Waals surface area contributed by atoms with Gasteiger partial charge in [0.05, 0.1) is 6.54 Å². The zero-order valence-corrected chi connectivity index (χ0v) is 24.8. The summed E-state index contributed by atoms with van der Waals surface area (Å²) in [6.07, 6.45) is 31.1. The minimum atomic E-state index is -0.0636. The quantitative estimate of drug-likeness (QED) is 0.176. The molecule has 41 heavy (non-hydrogen) atoms. The van der Waals surface area contributed by atoms with E-state index in [0.29, 0.717) is 24.7 Å². The first-order chi connectivity index (χ1) is 19.9. The summed E-state index contributed by atoms with van der Waals surface area (Å²) < 4.78 is 2.06. The fourth-order valence-electron chi connectivity index (χ4n) is 10.9. The zero-order chi connectivity index (χ0) is 28.0. The van der Waals surface area contributed by atoms with Crippen molar-refractivity contribution in [3.8, 4) is 0 Å². The normalized spacial score (nSPS) is 39.1. The number of ketones is 2. The van der Waals surface area contributed by atoms with Crippen LogP contribution in [0.1, 0.15) is 89.5 Å². The first kappa shape index (κ1) is 27.2.